The molecular weight excluding hydrogens is 352 g/mol. The molecule has 134 valence electrons. The van der Waals surface area contributed by atoms with E-state index in [1.54, 1.807) is 6.07 Å². The van der Waals surface area contributed by atoms with Crippen molar-refractivity contribution in [3.63, 3.8) is 0 Å². The Kier molecular flexibility index (Phi) is 5.59. The molecule has 0 saturated heterocycles. The van der Waals surface area contributed by atoms with Gasteiger partial charge in [0.2, 0.25) is 0 Å². The van der Waals surface area contributed by atoms with Gasteiger partial charge < -0.3 is 25.7 Å². The molecule has 0 saturated carbocycles. The fraction of sp³-hybridized carbons (Fsp3) is 0.188. The van der Waals surface area contributed by atoms with Crippen LogP contribution in [0.5, 0.6) is 5.75 Å². The molecule has 0 aliphatic heterocycles. The number of rotatable bonds is 6. The Morgan fingerprint density at radius 2 is 1.80 bits per heavy atom. The molecule has 0 radical (unpaired) electrons. The molecule has 0 heterocycles. The number of benzene rings is 2. The molecule has 0 aliphatic rings. The molecular formula is C16H17FNO6P. The molecule has 7 nitrogen and oxygen atoms in total. The number of nitrogens with two attached hydrogens (primary N) is 1. The number of halogens is 1. The maximum Gasteiger partial charge on any atom is 0.330 e. The first-order valence-electron chi connectivity index (χ1n) is 7.21. The summed E-state index contributed by atoms with van der Waals surface area (Å²) >= 11 is 0. The summed E-state index contributed by atoms with van der Waals surface area (Å²) in [4.78, 5) is 29.3. The summed E-state index contributed by atoms with van der Waals surface area (Å²) < 4.78 is 25.3. The van der Waals surface area contributed by atoms with Crippen LogP contribution >= 0.6 is 7.60 Å². The van der Waals surface area contributed by atoms with Gasteiger partial charge in [-0.15, -0.1) is 0 Å². The summed E-state index contributed by atoms with van der Waals surface area (Å²) in [5, 5.41) is 19.2. The monoisotopic (exact) mass is 369 g/mol. The SMILES string of the molecule is N[C@@H](Cc1cc(-c2ccccc2F)cc(CP(=O)(O)O)c1O)C(=O)O. The number of phenolic OH excluding ortho intramolecular Hbond substituents is 1. The number of aliphatic carboxylic acids is 1. The van der Waals surface area contributed by atoms with Crippen molar-refractivity contribution in [2.75, 3.05) is 0 Å². The average Bonchev–Trinajstić information content (AvgIpc) is 2.50. The third-order valence-corrected chi connectivity index (χ3v) is 4.34. The van der Waals surface area contributed by atoms with E-state index in [0.717, 1.165) is 0 Å². The van der Waals surface area contributed by atoms with E-state index in [1.165, 1.54) is 30.3 Å². The normalized spacial score (nSPS) is 12.8. The van der Waals surface area contributed by atoms with E-state index < -0.39 is 37.3 Å². The molecule has 0 fully saturated rings. The van der Waals surface area contributed by atoms with Crippen LogP contribution in [0.2, 0.25) is 0 Å². The molecule has 0 spiro atoms. The highest BCUT2D eigenvalue weighted by Crippen LogP contribution is 2.43. The lowest BCUT2D eigenvalue weighted by Crippen LogP contribution is -2.32. The summed E-state index contributed by atoms with van der Waals surface area (Å²) in [6.07, 6.45) is -1.05. The van der Waals surface area contributed by atoms with Gasteiger partial charge >= 0.3 is 13.6 Å². The van der Waals surface area contributed by atoms with Crippen molar-refractivity contribution >= 4 is 13.6 Å². The number of carbonyl (C=O) groups is 1. The molecule has 0 amide bonds. The fourth-order valence-corrected chi connectivity index (χ4v) is 3.12. The minimum atomic E-state index is -4.51. The molecule has 0 aliphatic carbocycles. The maximum atomic E-state index is 14.0. The summed E-state index contributed by atoms with van der Waals surface area (Å²) in [6.45, 7) is 0. The number of hydrogen-bond acceptors (Lipinski definition) is 4. The molecule has 2 rings (SSSR count). The van der Waals surface area contributed by atoms with Crippen molar-refractivity contribution in [2.24, 2.45) is 5.73 Å². The highest BCUT2D eigenvalue weighted by atomic mass is 31.2. The average molecular weight is 369 g/mol. The van der Waals surface area contributed by atoms with Crippen LogP contribution in [0.25, 0.3) is 11.1 Å². The number of hydrogen-bond donors (Lipinski definition) is 5. The van der Waals surface area contributed by atoms with Crippen LogP contribution in [-0.2, 0) is 21.9 Å². The molecule has 2 aromatic carbocycles. The lowest BCUT2D eigenvalue weighted by molar-refractivity contribution is -0.138. The molecule has 2 aromatic rings. The van der Waals surface area contributed by atoms with Crippen LogP contribution in [0.1, 0.15) is 11.1 Å². The van der Waals surface area contributed by atoms with E-state index in [9.17, 15) is 28.6 Å². The lowest BCUT2D eigenvalue weighted by Gasteiger charge is -2.16. The third-order valence-electron chi connectivity index (χ3n) is 3.59. The van der Waals surface area contributed by atoms with Crippen molar-refractivity contribution < 1.29 is 33.7 Å². The van der Waals surface area contributed by atoms with Gasteiger partial charge in [0.15, 0.2) is 0 Å². The Hall–Kier alpha value is -2.25. The molecule has 25 heavy (non-hydrogen) atoms. The summed E-state index contributed by atoms with van der Waals surface area (Å²) in [6, 6.07) is 7.04. The van der Waals surface area contributed by atoms with Crippen molar-refractivity contribution in [3.8, 4) is 16.9 Å². The predicted octanol–water partition coefficient (Wildman–Crippen LogP) is 1.83. The Bertz CT molecular complexity index is 851. The zero-order chi connectivity index (χ0) is 18.8. The van der Waals surface area contributed by atoms with Gasteiger partial charge in [-0.05, 0) is 29.3 Å². The van der Waals surface area contributed by atoms with Gasteiger partial charge in [-0.1, -0.05) is 18.2 Å². The van der Waals surface area contributed by atoms with Crippen LogP contribution in [0.3, 0.4) is 0 Å². The van der Waals surface area contributed by atoms with Crippen LogP contribution < -0.4 is 5.73 Å². The van der Waals surface area contributed by atoms with E-state index in [0.29, 0.717) is 0 Å². The van der Waals surface area contributed by atoms with Gasteiger partial charge in [0.1, 0.15) is 17.6 Å². The second-order valence-electron chi connectivity index (χ2n) is 5.59. The first kappa shape index (κ1) is 19.1. The predicted molar refractivity (Wildman–Crippen MR) is 88.6 cm³/mol. The standard InChI is InChI=1S/C16H17FNO6P/c17-13-4-2-1-3-12(13)9-5-10(7-14(18)16(20)21)15(19)11(6-9)8-25(22,23)24/h1-6,14,19H,7-8,18H2,(H,20,21)(H2,22,23,24)/t14-/m0/s1. The van der Waals surface area contributed by atoms with Gasteiger partial charge in [-0.3, -0.25) is 9.36 Å². The van der Waals surface area contributed by atoms with Crippen LogP contribution in [0, 0.1) is 5.82 Å². The number of carboxylic acid groups (broad SMARTS) is 1. The first-order chi connectivity index (χ1) is 11.6. The lowest BCUT2D eigenvalue weighted by atomic mass is 9.95. The number of carboxylic acids is 1. The maximum absolute atomic E-state index is 14.0. The Morgan fingerprint density at radius 1 is 1.20 bits per heavy atom. The zero-order valence-electron chi connectivity index (χ0n) is 13.0. The van der Waals surface area contributed by atoms with Crippen molar-refractivity contribution in [1.82, 2.24) is 0 Å². The van der Waals surface area contributed by atoms with E-state index >= 15 is 0 Å². The Balaban J connectivity index is 2.60. The van der Waals surface area contributed by atoms with Gasteiger partial charge in [0, 0.05) is 17.5 Å². The molecule has 1 atom stereocenters. The highest BCUT2D eigenvalue weighted by Gasteiger charge is 2.22. The van der Waals surface area contributed by atoms with Gasteiger partial charge in [0.05, 0.1) is 6.16 Å². The first-order valence-corrected chi connectivity index (χ1v) is 9.01. The largest absolute Gasteiger partial charge is 0.507 e. The zero-order valence-corrected chi connectivity index (χ0v) is 13.9. The summed E-state index contributed by atoms with van der Waals surface area (Å²) in [7, 11) is -4.51. The van der Waals surface area contributed by atoms with E-state index in [1.807, 2.05) is 0 Å². The number of aromatic hydroxyl groups is 1. The van der Waals surface area contributed by atoms with Gasteiger partial charge in [0.25, 0.3) is 0 Å². The topological polar surface area (TPSA) is 141 Å². The van der Waals surface area contributed by atoms with Gasteiger partial charge in [-0.2, -0.15) is 0 Å². The van der Waals surface area contributed by atoms with Gasteiger partial charge in [-0.25, -0.2) is 4.39 Å². The quantitative estimate of drug-likeness (QED) is 0.489. The van der Waals surface area contributed by atoms with E-state index in [4.69, 9.17) is 10.8 Å². The molecule has 0 bridgehead atoms. The van der Waals surface area contributed by atoms with Crippen molar-refractivity contribution in [3.05, 3.63) is 53.3 Å². The number of phenols is 1. The molecule has 0 aromatic heterocycles. The Labute approximate surface area is 142 Å². The Morgan fingerprint density at radius 3 is 2.36 bits per heavy atom. The summed E-state index contributed by atoms with van der Waals surface area (Å²) in [5.74, 6) is -2.32. The van der Waals surface area contributed by atoms with Crippen LogP contribution in [0.4, 0.5) is 4.39 Å². The highest BCUT2D eigenvalue weighted by molar-refractivity contribution is 7.50. The van der Waals surface area contributed by atoms with Crippen LogP contribution in [-0.4, -0.2) is 32.0 Å². The molecule has 0 unspecified atom stereocenters. The van der Waals surface area contributed by atoms with E-state index in [2.05, 4.69) is 0 Å². The van der Waals surface area contributed by atoms with Crippen LogP contribution in [0.15, 0.2) is 36.4 Å². The second-order valence-corrected chi connectivity index (χ2v) is 7.24. The second kappa shape index (κ2) is 7.33. The summed E-state index contributed by atoms with van der Waals surface area (Å²) in [5.41, 5.74) is 5.84. The van der Waals surface area contributed by atoms with Crippen molar-refractivity contribution in [1.29, 1.82) is 0 Å². The molecule has 6 N–H and O–H groups in total. The molecule has 9 heteroatoms. The smallest absolute Gasteiger partial charge is 0.330 e. The minimum Gasteiger partial charge on any atom is -0.507 e. The fourth-order valence-electron chi connectivity index (χ4n) is 2.43. The van der Waals surface area contributed by atoms with Crippen molar-refractivity contribution in [2.45, 2.75) is 18.6 Å². The minimum absolute atomic E-state index is 0.0686. The third kappa shape index (κ3) is 4.87. The van der Waals surface area contributed by atoms with E-state index in [-0.39, 0.29) is 28.7 Å².